The molecular weight excluding hydrogens is 332 g/mol. The highest BCUT2D eigenvalue weighted by Crippen LogP contribution is 2.30. The second kappa shape index (κ2) is 7.47. The smallest absolute Gasteiger partial charge is 0.344 e. The van der Waals surface area contributed by atoms with Crippen molar-refractivity contribution in [1.82, 2.24) is 10.6 Å². The minimum absolute atomic E-state index is 0.214. The predicted octanol–water partition coefficient (Wildman–Crippen LogP) is 0.687. The Morgan fingerprint density at radius 2 is 1.84 bits per heavy atom. The highest BCUT2D eigenvalue weighted by atomic mass is 16.5. The number of ether oxygens (including phenoxy) is 2. The molecule has 25 heavy (non-hydrogen) atoms. The minimum Gasteiger partial charge on any atom is -0.490 e. The van der Waals surface area contributed by atoms with Crippen LogP contribution < -0.4 is 20.1 Å². The van der Waals surface area contributed by atoms with Crippen molar-refractivity contribution in [3.05, 3.63) is 29.3 Å². The van der Waals surface area contributed by atoms with Crippen molar-refractivity contribution in [2.45, 2.75) is 20.0 Å². The Hall–Kier alpha value is -3.36. The van der Waals surface area contributed by atoms with Crippen LogP contribution >= 0.6 is 0 Å². The zero-order valence-electron chi connectivity index (χ0n) is 13.5. The van der Waals surface area contributed by atoms with Crippen LogP contribution in [-0.4, -0.2) is 41.6 Å². The Morgan fingerprint density at radius 1 is 1.20 bits per heavy atom. The van der Waals surface area contributed by atoms with E-state index in [4.69, 9.17) is 14.6 Å². The van der Waals surface area contributed by atoms with Crippen LogP contribution in [0.15, 0.2) is 23.8 Å². The Bertz CT molecular complexity index is 748. The van der Waals surface area contributed by atoms with Crippen LogP contribution in [0, 0.1) is 0 Å². The van der Waals surface area contributed by atoms with Crippen LogP contribution in [0.25, 0.3) is 6.08 Å². The topological polar surface area (TPSA) is 131 Å². The zero-order chi connectivity index (χ0) is 18.6. The number of hydrogen-bond acceptors (Lipinski definition) is 6. The molecule has 0 bridgehead atoms. The molecule has 2 rings (SSSR count). The van der Waals surface area contributed by atoms with Crippen LogP contribution in [-0.2, 0) is 14.4 Å². The fourth-order valence-electron chi connectivity index (χ4n) is 1.99. The van der Waals surface area contributed by atoms with Gasteiger partial charge in [-0.15, -0.1) is 0 Å². The zero-order valence-corrected chi connectivity index (χ0v) is 13.5. The van der Waals surface area contributed by atoms with Crippen LogP contribution in [0.3, 0.4) is 0 Å². The van der Waals surface area contributed by atoms with Gasteiger partial charge in [0.05, 0.1) is 6.61 Å². The molecule has 0 unspecified atom stereocenters. The van der Waals surface area contributed by atoms with E-state index < -0.39 is 29.9 Å². The summed E-state index contributed by atoms with van der Waals surface area (Å²) in [6.07, 6.45) is 0.202. The number of rotatable bonds is 6. The van der Waals surface area contributed by atoms with Gasteiger partial charge in [-0.05, 0) is 37.6 Å². The van der Waals surface area contributed by atoms with Crippen LogP contribution in [0.2, 0.25) is 0 Å². The van der Waals surface area contributed by atoms with Crippen molar-refractivity contribution in [1.29, 1.82) is 0 Å². The maximum absolute atomic E-state index is 11.7. The summed E-state index contributed by atoms with van der Waals surface area (Å²) in [6.45, 7) is 3.41. The quantitative estimate of drug-likeness (QED) is 0.509. The first-order chi connectivity index (χ1) is 11.8. The third-order valence-electron chi connectivity index (χ3n) is 3.17. The molecule has 1 aromatic rings. The van der Waals surface area contributed by atoms with Crippen LogP contribution in [0.4, 0.5) is 4.79 Å². The number of aliphatic carboxylic acids is 1. The van der Waals surface area contributed by atoms with E-state index >= 15 is 0 Å². The molecule has 132 valence electrons. The third-order valence-corrected chi connectivity index (χ3v) is 3.17. The van der Waals surface area contributed by atoms with E-state index in [1.54, 1.807) is 6.92 Å². The summed E-state index contributed by atoms with van der Waals surface area (Å²) in [5, 5.41) is 12.9. The first-order valence-corrected chi connectivity index (χ1v) is 7.36. The second-order valence-electron chi connectivity index (χ2n) is 5.03. The number of hydrogen-bond donors (Lipinski definition) is 3. The fraction of sp³-hybridized carbons (Fsp3) is 0.250. The number of carbonyl (C=O) groups excluding carboxylic acids is 3. The van der Waals surface area contributed by atoms with Crippen molar-refractivity contribution >= 4 is 29.9 Å². The average Bonchev–Trinajstić information content (AvgIpc) is 2.53. The van der Waals surface area contributed by atoms with E-state index in [-0.39, 0.29) is 17.1 Å². The summed E-state index contributed by atoms with van der Waals surface area (Å²) in [7, 11) is 0. The molecule has 1 atom stereocenters. The molecule has 1 heterocycles. The summed E-state index contributed by atoms with van der Waals surface area (Å²) in [4.78, 5) is 45.4. The van der Waals surface area contributed by atoms with Crippen molar-refractivity contribution in [3.63, 3.8) is 0 Å². The highest BCUT2D eigenvalue weighted by Gasteiger charge is 2.27. The first kappa shape index (κ1) is 18.0. The minimum atomic E-state index is -1.13. The van der Waals surface area contributed by atoms with Gasteiger partial charge in [-0.2, -0.15) is 0 Å². The lowest BCUT2D eigenvalue weighted by Crippen LogP contribution is -2.51. The Kier molecular flexibility index (Phi) is 5.38. The number of barbiturate groups is 1. The lowest BCUT2D eigenvalue weighted by Gasteiger charge is -2.16. The SMILES string of the molecule is CCOc1cc(C=C2C(=O)NC(=O)NC2=O)ccc1O[C@@H](C)C(=O)O. The van der Waals surface area contributed by atoms with E-state index in [0.717, 1.165) is 0 Å². The first-order valence-electron chi connectivity index (χ1n) is 7.36. The molecule has 0 saturated carbocycles. The van der Waals surface area contributed by atoms with Crippen molar-refractivity contribution in [3.8, 4) is 11.5 Å². The average molecular weight is 348 g/mol. The standard InChI is InChI=1S/C16H16N2O7/c1-3-24-12-7-9(4-5-11(12)25-8(2)15(21)22)6-10-13(19)17-16(23)18-14(10)20/h4-8H,3H2,1-2H3,(H,21,22)(H2,17,18,19,20,23)/t8-/m0/s1. The van der Waals surface area contributed by atoms with Gasteiger partial charge in [0, 0.05) is 0 Å². The summed E-state index contributed by atoms with van der Waals surface area (Å²) in [5.74, 6) is -2.28. The molecule has 9 heteroatoms. The maximum atomic E-state index is 11.7. The molecule has 1 fully saturated rings. The molecule has 4 amide bonds. The van der Waals surface area contributed by atoms with E-state index in [9.17, 15) is 19.2 Å². The van der Waals surface area contributed by atoms with E-state index in [1.807, 2.05) is 10.6 Å². The van der Waals surface area contributed by atoms with E-state index in [2.05, 4.69) is 0 Å². The van der Waals surface area contributed by atoms with Crippen molar-refractivity contribution in [2.24, 2.45) is 0 Å². The fourth-order valence-corrected chi connectivity index (χ4v) is 1.99. The van der Waals surface area contributed by atoms with Gasteiger partial charge >= 0.3 is 12.0 Å². The lowest BCUT2D eigenvalue weighted by atomic mass is 10.1. The number of imide groups is 2. The van der Waals surface area contributed by atoms with Gasteiger partial charge in [0.2, 0.25) is 0 Å². The largest absolute Gasteiger partial charge is 0.490 e. The molecule has 9 nitrogen and oxygen atoms in total. The Labute approximate surface area is 142 Å². The van der Waals surface area contributed by atoms with Crippen LogP contribution in [0.1, 0.15) is 19.4 Å². The van der Waals surface area contributed by atoms with E-state index in [1.165, 1.54) is 31.2 Å². The van der Waals surface area contributed by atoms with Crippen LogP contribution in [0.5, 0.6) is 11.5 Å². The van der Waals surface area contributed by atoms with Gasteiger partial charge in [0.1, 0.15) is 5.57 Å². The molecule has 1 aromatic carbocycles. The highest BCUT2D eigenvalue weighted by molar-refractivity contribution is 6.31. The number of carbonyl (C=O) groups is 4. The monoisotopic (exact) mass is 348 g/mol. The van der Waals surface area contributed by atoms with Gasteiger partial charge in [0.25, 0.3) is 11.8 Å². The summed E-state index contributed by atoms with van der Waals surface area (Å²) in [5.41, 5.74) is 0.197. The normalized spacial score (nSPS) is 15.1. The van der Waals surface area contributed by atoms with Gasteiger partial charge in [-0.3, -0.25) is 20.2 Å². The Morgan fingerprint density at radius 3 is 2.40 bits per heavy atom. The number of nitrogens with one attached hydrogen (secondary N) is 2. The molecule has 0 aromatic heterocycles. The maximum Gasteiger partial charge on any atom is 0.344 e. The molecule has 0 radical (unpaired) electrons. The number of amides is 4. The number of benzene rings is 1. The lowest BCUT2D eigenvalue weighted by molar-refractivity contribution is -0.144. The molecular formula is C16H16N2O7. The second-order valence-corrected chi connectivity index (χ2v) is 5.03. The molecule has 0 aliphatic carbocycles. The molecule has 0 spiro atoms. The number of carboxylic acids is 1. The summed E-state index contributed by atoms with van der Waals surface area (Å²) < 4.78 is 10.7. The number of carboxylic acid groups (broad SMARTS) is 1. The Balaban J connectivity index is 2.33. The van der Waals surface area contributed by atoms with Gasteiger partial charge in [-0.25, -0.2) is 9.59 Å². The van der Waals surface area contributed by atoms with Crippen molar-refractivity contribution in [2.75, 3.05) is 6.61 Å². The van der Waals surface area contributed by atoms with Gasteiger partial charge in [0.15, 0.2) is 17.6 Å². The van der Waals surface area contributed by atoms with Gasteiger partial charge < -0.3 is 14.6 Å². The summed E-state index contributed by atoms with van der Waals surface area (Å²) in [6, 6.07) is 3.61. The van der Waals surface area contributed by atoms with E-state index in [0.29, 0.717) is 12.2 Å². The van der Waals surface area contributed by atoms with Gasteiger partial charge in [-0.1, -0.05) is 6.07 Å². The number of urea groups is 1. The van der Waals surface area contributed by atoms with Crippen molar-refractivity contribution < 1.29 is 33.8 Å². The third kappa shape index (κ3) is 4.34. The molecule has 1 aliphatic heterocycles. The molecule has 1 aliphatic rings. The molecule has 3 N–H and O–H groups in total. The molecule has 1 saturated heterocycles. The predicted molar refractivity (Wildman–Crippen MR) is 85.0 cm³/mol. The summed E-state index contributed by atoms with van der Waals surface area (Å²) >= 11 is 0.